The van der Waals surface area contributed by atoms with Crippen molar-refractivity contribution in [2.24, 2.45) is 5.92 Å². The van der Waals surface area contributed by atoms with E-state index in [1.165, 1.54) is 6.33 Å². The van der Waals surface area contributed by atoms with E-state index in [1.807, 2.05) is 0 Å². The number of hydrogen-bond acceptors (Lipinski definition) is 6. The molecule has 1 aromatic heterocycles. The van der Waals surface area contributed by atoms with Crippen LogP contribution >= 0.6 is 0 Å². The van der Waals surface area contributed by atoms with Gasteiger partial charge in [0.2, 0.25) is 0 Å². The van der Waals surface area contributed by atoms with Crippen molar-refractivity contribution in [1.29, 1.82) is 0 Å². The Morgan fingerprint density at radius 2 is 1.88 bits per heavy atom. The molecule has 0 saturated heterocycles. The van der Waals surface area contributed by atoms with Crippen molar-refractivity contribution in [1.82, 2.24) is 9.97 Å². The molecule has 7 heteroatoms. The number of methoxy groups -OCH3 is 2. The first-order chi connectivity index (χ1) is 12.0. The van der Waals surface area contributed by atoms with Crippen molar-refractivity contribution in [3.63, 3.8) is 0 Å². The number of nitrogens with zero attached hydrogens (tertiary/aromatic N) is 2. The first-order valence-electron chi connectivity index (χ1n) is 8.12. The van der Waals surface area contributed by atoms with Crippen LogP contribution in [0.2, 0.25) is 0 Å². The van der Waals surface area contributed by atoms with Crippen molar-refractivity contribution in [2.75, 3.05) is 31.4 Å². The Bertz CT molecular complexity index is 719. The number of aromatic nitrogens is 2. The van der Waals surface area contributed by atoms with Gasteiger partial charge in [-0.3, -0.25) is 4.79 Å². The van der Waals surface area contributed by atoms with Gasteiger partial charge in [-0.15, -0.1) is 0 Å². The maximum atomic E-state index is 12.4. The van der Waals surface area contributed by atoms with E-state index in [9.17, 15) is 4.79 Å². The molecule has 0 bridgehead atoms. The molecule has 134 valence electrons. The molecule has 0 aliphatic rings. The summed E-state index contributed by atoms with van der Waals surface area (Å²) in [7, 11) is 3.10. The standard InChI is InChI=1S/C18H24N4O3/c1-12(2)7-8-19-17-10-14(20-11-21-17)18(23)22-13-5-6-15(24-3)16(9-13)25-4/h5-6,9-12H,7-8H2,1-4H3,(H,22,23)(H,19,20,21). The lowest BCUT2D eigenvalue weighted by molar-refractivity contribution is 0.102. The van der Waals surface area contributed by atoms with Crippen LogP contribution in [0.5, 0.6) is 11.5 Å². The predicted octanol–water partition coefficient (Wildman–Crippen LogP) is 3.20. The zero-order chi connectivity index (χ0) is 18.2. The van der Waals surface area contributed by atoms with Gasteiger partial charge < -0.3 is 20.1 Å². The third-order valence-electron chi connectivity index (χ3n) is 3.57. The average molecular weight is 344 g/mol. The van der Waals surface area contributed by atoms with E-state index >= 15 is 0 Å². The van der Waals surface area contributed by atoms with Crippen molar-refractivity contribution in [2.45, 2.75) is 20.3 Å². The number of hydrogen-bond donors (Lipinski definition) is 2. The lowest BCUT2D eigenvalue weighted by Gasteiger charge is -2.11. The summed E-state index contributed by atoms with van der Waals surface area (Å²) < 4.78 is 10.4. The number of carbonyl (C=O) groups is 1. The molecule has 7 nitrogen and oxygen atoms in total. The van der Waals surface area contributed by atoms with Gasteiger partial charge in [-0.25, -0.2) is 9.97 Å². The summed E-state index contributed by atoms with van der Waals surface area (Å²) in [5.74, 6) is 2.05. The van der Waals surface area contributed by atoms with Gasteiger partial charge in [-0.1, -0.05) is 13.8 Å². The third kappa shape index (κ3) is 5.34. The van der Waals surface area contributed by atoms with Crippen LogP contribution in [0.1, 0.15) is 30.8 Å². The number of amides is 1. The summed E-state index contributed by atoms with van der Waals surface area (Å²) in [4.78, 5) is 20.6. The zero-order valence-corrected chi connectivity index (χ0v) is 15.0. The summed E-state index contributed by atoms with van der Waals surface area (Å²) in [6, 6.07) is 6.80. The van der Waals surface area contributed by atoms with Crippen molar-refractivity contribution < 1.29 is 14.3 Å². The Morgan fingerprint density at radius 1 is 1.12 bits per heavy atom. The highest BCUT2D eigenvalue weighted by Crippen LogP contribution is 2.29. The second-order valence-corrected chi connectivity index (χ2v) is 5.92. The molecule has 25 heavy (non-hydrogen) atoms. The molecule has 1 aromatic carbocycles. The molecule has 2 aromatic rings. The van der Waals surface area contributed by atoms with Crippen molar-refractivity contribution in [3.8, 4) is 11.5 Å². The summed E-state index contributed by atoms with van der Waals surface area (Å²) in [5.41, 5.74) is 0.882. The van der Waals surface area contributed by atoms with Crippen molar-refractivity contribution in [3.05, 3.63) is 36.3 Å². The Hall–Kier alpha value is -2.83. The topological polar surface area (TPSA) is 85.4 Å². The molecule has 0 saturated carbocycles. The van der Waals surface area contributed by atoms with E-state index in [4.69, 9.17) is 9.47 Å². The normalized spacial score (nSPS) is 10.4. The highest BCUT2D eigenvalue weighted by atomic mass is 16.5. The first-order valence-corrected chi connectivity index (χ1v) is 8.12. The monoisotopic (exact) mass is 344 g/mol. The molecule has 0 radical (unpaired) electrons. The minimum absolute atomic E-state index is 0.289. The Labute approximate surface area is 147 Å². The second kappa shape index (κ2) is 8.86. The van der Waals surface area contributed by atoms with Gasteiger partial charge in [0.1, 0.15) is 17.8 Å². The molecular formula is C18H24N4O3. The van der Waals surface area contributed by atoms with E-state index in [0.29, 0.717) is 28.9 Å². The van der Waals surface area contributed by atoms with Crippen LogP contribution in [-0.4, -0.2) is 36.6 Å². The summed E-state index contributed by atoms with van der Waals surface area (Å²) >= 11 is 0. The molecule has 0 fully saturated rings. The fourth-order valence-electron chi connectivity index (χ4n) is 2.18. The predicted molar refractivity (Wildman–Crippen MR) is 97.5 cm³/mol. The van der Waals surface area contributed by atoms with E-state index < -0.39 is 0 Å². The fraction of sp³-hybridized carbons (Fsp3) is 0.389. The van der Waals surface area contributed by atoms with Crippen LogP contribution in [0, 0.1) is 5.92 Å². The molecule has 0 atom stereocenters. The molecule has 0 spiro atoms. The lowest BCUT2D eigenvalue weighted by Crippen LogP contribution is -2.15. The van der Waals surface area contributed by atoms with Gasteiger partial charge in [-0.2, -0.15) is 0 Å². The van der Waals surface area contributed by atoms with Gasteiger partial charge in [0.05, 0.1) is 14.2 Å². The molecule has 2 N–H and O–H groups in total. The molecular weight excluding hydrogens is 320 g/mol. The summed E-state index contributed by atoms with van der Waals surface area (Å²) in [6.07, 6.45) is 2.40. The fourth-order valence-corrected chi connectivity index (χ4v) is 2.18. The second-order valence-electron chi connectivity index (χ2n) is 5.92. The summed E-state index contributed by atoms with van der Waals surface area (Å²) in [6.45, 7) is 5.11. The van der Waals surface area contributed by atoms with Crippen LogP contribution in [0.3, 0.4) is 0 Å². The Kier molecular flexibility index (Phi) is 6.56. The van der Waals surface area contributed by atoms with E-state index in [-0.39, 0.29) is 11.6 Å². The lowest BCUT2D eigenvalue weighted by atomic mass is 10.1. The van der Waals surface area contributed by atoms with Crippen LogP contribution in [-0.2, 0) is 0 Å². The van der Waals surface area contributed by atoms with Gasteiger partial charge in [0.15, 0.2) is 11.5 Å². The number of anilines is 2. The van der Waals surface area contributed by atoms with E-state index in [1.54, 1.807) is 38.5 Å². The molecule has 1 heterocycles. The molecule has 0 unspecified atom stereocenters. The number of nitrogens with one attached hydrogen (secondary N) is 2. The maximum Gasteiger partial charge on any atom is 0.274 e. The van der Waals surface area contributed by atoms with Crippen LogP contribution in [0.4, 0.5) is 11.5 Å². The van der Waals surface area contributed by atoms with Gasteiger partial charge in [-0.05, 0) is 24.5 Å². The van der Waals surface area contributed by atoms with Crippen LogP contribution < -0.4 is 20.1 Å². The smallest absolute Gasteiger partial charge is 0.274 e. The quantitative estimate of drug-likeness (QED) is 0.765. The summed E-state index contributed by atoms with van der Waals surface area (Å²) in [5, 5.41) is 5.99. The molecule has 0 aliphatic heterocycles. The van der Waals surface area contributed by atoms with E-state index in [2.05, 4.69) is 34.4 Å². The number of benzene rings is 1. The highest BCUT2D eigenvalue weighted by molar-refractivity contribution is 6.03. The SMILES string of the molecule is COc1ccc(NC(=O)c2cc(NCCC(C)C)ncn2)cc1OC. The van der Waals surface area contributed by atoms with Crippen molar-refractivity contribution >= 4 is 17.4 Å². The average Bonchev–Trinajstić information content (AvgIpc) is 2.61. The van der Waals surface area contributed by atoms with Gasteiger partial charge in [0, 0.05) is 24.4 Å². The van der Waals surface area contributed by atoms with E-state index in [0.717, 1.165) is 13.0 Å². The zero-order valence-electron chi connectivity index (χ0n) is 15.0. The van der Waals surface area contributed by atoms with Crippen LogP contribution in [0.25, 0.3) is 0 Å². The minimum Gasteiger partial charge on any atom is -0.493 e. The molecule has 2 rings (SSSR count). The Balaban J connectivity index is 2.05. The first kappa shape index (κ1) is 18.5. The van der Waals surface area contributed by atoms with Gasteiger partial charge >= 0.3 is 0 Å². The minimum atomic E-state index is -0.318. The largest absolute Gasteiger partial charge is 0.493 e. The molecule has 0 aliphatic carbocycles. The Morgan fingerprint density at radius 3 is 2.56 bits per heavy atom. The number of carbonyl (C=O) groups excluding carboxylic acids is 1. The number of ether oxygens (including phenoxy) is 2. The maximum absolute atomic E-state index is 12.4. The van der Waals surface area contributed by atoms with Crippen LogP contribution in [0.15, 0.2) is 30.6 Å². The third-order valence-corrected chi connectivity index (χ3v) is 3.57. The molecule has 1 amide bonds. The number of rotatable bonds is 8. The highest BCUT2D eigenvalue weighted by Gasteiger charge is 2.11. The van der Waals surface area contributed by atoms with Gasteiger partial charge in [0.25, 0.3) is 5.91 Å².